The van der Waals surface area contributed by atoms with Gasteiger partial charge in [-0.3, -0.25) is 4.79 Å². The lowest BCUT2D eigenvalue weighted by Gasteiger charge is -2.32. The van der Waals surface area contributed by atoms with E-state index in [9.17, 15) is 9.90 Å². The van der Waals surface area contributed by atoms with Gasteiger partial charge >= 0.3 is 5.97 Å². The van der Waals surface area contributed by atoms with Gasteiger partial charge < -0.3 is 5.11 Å². The van der Waals surface area contributed by atoms with Crippen LogP contribution < -0.4 is 0 Å². The minimum absolute atomic E-state index is 0.0394. The highest BCUT2D eigenvalue weighted by atomic mass is 32.1. The Balaban J connectivity index is 2.18. The van der Waals surface area contributed by atoms with Crippen LogP contribution >= 0.6 is 11.3 Å². The van der Waals surface area contributed by atoms with Gasteiger partial charge in [0.15, 0.2) is 0 Å². The fourth-order valence-corrected chi connectivity index (χ4v) is 3.89. The van der Waals surface area contributed by atoms with Crippen LogP contribution in [0, 0.1) is 5.41 Å². The first kappa shape index (κ1) is 14.5. The Labute approximate surface area is 119 Å². The van der Waals surface area contributed by atoms with Crippen molar-refractivity contribution in [2.75, 3.05) is 0 Å². The minimum atomic E-state index is -0.639. The molecule has 1 N–H and O–H groups in total. The largest absolute Gasteiger partial charge is 0.481 e. The summed E-state index contributed by atoms with van der Waals surface area (Å²) in [6.45, 7) is 6.41. The van der Waals surface area contributed by atoms with Gasteiger partial charge in [-0.1, -0.05) is 40.0 Å². The van der Waals surface area contributed by atoms with Crippen molar-refractivity contribution in [3.05, 3.63) is 16.1 Å². The molecule has 0 spiro atoms. The number of thiazole rings is 1. The summed E-state index contributed by atoms with van der Waals surface area (Å²) in [7, 11) is 0. The number of carbonyl (C=O) groups is 1. The van der Waals surface area contributed by atoms with Crippen molar-refractivity contribution in [3.8, 4) is 0 Å². The van der Waals surface area contributed by atoms with E-state index >= 15 is 0 Å². The van der Waals surface area contributed by atoms with Crippen LogP contribution in [-0.4, -0.2) is 16.1 Å². The van der Waals surface area contributed by atoms with Crippen molar-refractivity contribution in [1.82, 2.24) is 4.98 Å². The molecule has 1 heterocycles. The lowest BCUT2D eigenvalue weighted by molar-refractivity contribution is -0.151. The maximum atomic E-state index is 11.7. The number of carboxylic acid groups (broad SMARTS) is 1. The number of hydrogen-bond acceptors (Lipinski definition) is 3. The maximum absolute atomic E-state index is 11.7. The Kier molecular flexibility index (Phi) is 4.00. The monoisotopic (exact) mass is 281 g/mol. The van der Waals surface area contributed by atoms with E-state index in [1.807, 2.05) is 0 Å². The van der Waals surface area contributed by atoms with Crippen LogP contribution in [-0.2, 0) is 16.6 Å². The molecule has 3 nitrogen and oxygen atoms in total. The maximum Gasteiger partial charge on any atom is 0.310 e. The van der Waals surface area contributed by atoms with Gasteiger partial charge in [-0.15, -0.1) is 11.3 Å². The fourth-order valence-electron chi connectivity index (χ4n) is 2.72. The summed E-state index contributed by atoms with van der Waals surface area (Å²) < 4.78 is 0. The van der Waals surface area contributed by atoms with Crippen LogP contribution in [0.15, 0.2) is 5.38 Å². The molecule has 0 atom stereocenters. The second-order valence-electron chi connectivity index (χ2n) is 6.70. The Morgan fingerprint density at radius 3 is 2.47 bits per heavy atom. The Hall–Kier alpha value is -0.900. The molecule has 1 aromatic heterocycles. The van der Waals surface area contributed by atoms with E-state index in [4.69, 9.17) is 0 Å². The summed E-state index contributed by atoms with van der Waals surface area (Å²) >= 11 is 1.61. The van der Waals surface area contributed by atoms with Crippen LogP contribution in [0.1, 0.15) is 63.6 Å². The van der Waals surface area contributed by atoms with Crippen molar-refractivity contribution >= 4 is 17.3 Å². The van der Waals surface area contributed by atoms with Crippen molar-refractivity contribution in [3.63, 3.8) is 0 Å². The molecule has 106 valence electrons. The summed E-state index contributed by atoms with van der Waals surface area (Å²) in [5.74, 6) is -0.639. The number of rotatable bonds is 3. The molecule has 0 unspecified atom stereocenters. The van der Waals surface area contributed by atoms with E-state index in [1.54, 1.807) is 11.3 Å². The average molecular weight is 281 g/mol. The first-order valence-corrected chi connectivity index (χ1v) is 7.90. The molecule has 0 amide bonds. The Morgan fingerprint density at radius 1 is 1.37 bits per heavy atom. The molecule has 19 heavy (non-hydrogen) atoms. The van der Waals surface area contributed by atoms with Crippen molar-refractivity contribution < 1.29 is 9.90 Å². The topological polar surface area (TPSA) is 50.2 Å². The van der Waals surface area contributed by atoms with E-state index < -0.39 is 11.4 Å². The third kappa shape index (κ3) is 3.16. The van der Waals surface area contributed by atoms with E-state index in [0.717, 1.165) is 36.4 Å². The Morgan fingerprint density at radius 2 is 2.00 bits per heavy atom. The first-order chi connectivity index (χ1) is 8.83. The predicted molar refractivity (Wildman–Crippen MR) is 77.7 cm³/mol. The van der Waals surface area contributed by atoms with Gasteiger partial charge in [-0.05, 0) is 12.8 Å². The second-order valence-corrected chi connectivity index (χ2v) is 7.64. The quantitative estimate of drug-likeness (QED) is 0.910. The molecule has 0 aromatic carbocycles. The molecule has 0 saturated heterocycles. The zero-order chi connectivity index (χ0) is 14.1. The lowest BCUT2D eigenvalue weighted by atomic mass is 9.72. The van der Waals surface area contributed by atoms with Gasteiger partial charge in [0.25, 0.3) is 0 Å². The average Bonchev–Trinajstić information content (AvgIpc) is 2.78. The van der Waals surface area contributed by atoms with Gasteiger partial charge in [0, 0.05) is 17.2 Å². The van der Waals surface area contributed by atoms with Crippen LogP contribution in [0.4, 0.5) is 0 Å². The summed E-state index contributed by atoms with van der Waals surface area (Å²) in [6.07, 6.45) is 5.43. The zero-order valence-corrected chi connectivity index (χ0v) is 12.8. The molecule has 4 heteroatoms. The molecule has 1 fully saturated rings. The number of nitrogens with zero attached hydrogens (tertiary/aromatic N) is 1. The predicted octanol–water partition coefficient (Wildman–Crippen LogP) is 4.02. The van der Waals surface area contributed by atoms with Crippen molar-refractivity contribution in [1.29, 1.82) is 0 Å². The van der Waals surface area contributed by atoms with Crippen molar-refractivity contribution in [2.45, 2.75) is 64.7 Å². The van der Waals surface area contributed by atoms with Gasteiger partial charge in [0.05, 0.1) is 16.1 Å². The summed E-state index contributed by atoms with van der Waals surface area (Å²) in [5, 5.41) is 12.7. The second kappa shape index (κ2) is 5.23. The molecule has 1 aliphatic rings. The van der Waals surface area contributed by atoms with Gasteiger partial charge in [0.1, 0.15) is 0 Å². The number of aliphatic carboxylic acids is 1. The molecule has 1 aromatic rings. The fraction of sp³-hybridized carbons (Fsp3) is 0.733. The first-order valence-electron chi connectivity index (χ1n) is 7.02. The van der Waals surface area contributed by atoms with Crippen LogP contribution in [0.5, 0.6) is 0 Å². The Bertz CT molecular complexity index is 453. The van der Waals surface area contributed by atoms with Crippen molar-refractivity contribution in [2.24, 2.45) is 5.41 Å². The number of carboxylic acids is 1. The van der Waals surface area contributed by atoms with Crippen LogP contribution in [0.25, 0.3) is 0 Å². The highest BCUT2D eigenvalue weighted by Crippen LogP contribution is 2.40. The SMILES string of the molecule is CC(C)(C)c1csc(CC2(C(=O)O)CCCCC2)n1. The molecule has 1 aliphatic carbocycles. The molecular weight excluding hydrogens is 258 g/mol. The highest BCUT2D eigenvalue weighted by Gasteiger charge is 2.40. The zero-order valence-electron chi connectivity index (χ0n) is 12.0. The van der Waals surface area contributed by atoms with Crippen LogP contribution in [0.3, 0.4) is 0 Å². The molecule has 0 aliphatic heterocycles. The molecule has 2 rings (SSSR count). The van der Waals surface area contributed by atoms with Gasteiger partial charge in [-0.2, -0.15) is 0 Å². The normalized spacial score (nSPS) is 19.3. The number of aromatic nitrogens is 1. The minimum Gasteiger partial charge on any atom is -0.481 e. The molecule has 0 radical (unpaired) electrons. The molecular formula is C15H23NO2S. The highest BCUT2D eigenvalue weighted by molar-refractivity contribution is 7.09. The molecule has 1 saturated carbocycles. The van der Waals surface area contributed by atoms with E-state index in [2.05, 4.69) is 31.1 Å². The number of hydrogen-bond donors (Lipinski definition) is 1. The lowest BCUT2D eigenvalue weighted by Crippen LogP contribution is -2.35. The van der Waals surface area contributed by atoms with E-state index in [1.165, 1.54) is 6.42 Å². The third-order valence-electron chi connectivity index (χ3n) is 4.07. The third-order valence-corrected chi connectivity index (χ3v) is 4.92. The summed E-state index contributed by atoms with van der Waals surface area (Å²) in [5.41, 5.74) is 0.548. The molecule has 0 bridgehead atoms. The standard InChI is InChI=1S/C15H23NO2S/c1-14(2,3)11-10-19-12(16-11)9-15(13(17)18)7-5-4-6-8-15/h10H,4-9H2,1-3H3,(H,17,18). The van der Waals surface area contributed by atoms with Gasteiger partial charge in [0.2, 0.25) is 0 Å². The van der Waals surface area contributed by atoms with E-state index in [0.29, 0.717) is 6.42 Å². The summed E-state index contributed by atoms with van der Waals surface area (Å²) in [6, 6.07) is 0. The van der Waals surface area contributed by atoms with E-state index in [-0.39, 0.29) is 5.41 Å². The smallest absolute Gasteiger partial charge is 0.310 e. The van der Waals surface area contributed by atoms with Gasteiger partial charge in [-0.25, -0.2) is 4.98 Å². The van der Waals surface area contributed by atoms with Crippen LogP contribution in [0.2, 0.25) is 0 Å². The summed E-state index contributed by atoms with van der Waals surface area (Å²) in [4.78, 5) is 16.3.